The molecule has 48 heavy (non-hydrogen) atoms. The first-order valence-corrected chi connectivity index (χ1v) is 18.7. The number of phenols is 1. The van der Waals surface area contributed by atoms with E-state index in [1.807, 2.05) is 0 Å². The van der Waals surface area contributed by atoms with Crippen LogP contribution in [-0.2, 0) is 42.6 Å². The quantitative estimate of drug-likeness (QED) is 0.0835. The minimum Gasteiger partial charge on any atom is -0.508 e. The molecular formula is C33H45N3O10S2. The van der Waals surface area contributed by atoms with E-state index in [1.165, 1.54) is 36.4 Å². The van der Waals surface area contributed by atoms with Crippen LogP contribution < -0.4 is 14.8 Å². The lowest BCUT2D eigenvalue weighted by Crippen LogP contribution is -2.36. The standard InChI is InChI=1S/C33H45N3O10S2/c34-47(42,43)29-12-8-11-28(21-29)36(23-33(40)41)48(44,45)30-13-7-10-25(19-30)9-3-6-18-46-17-5-2-1-4-16-35-22-32(39)26-14-15-31(38)27(20-26)24-37/h7-8,10-15,19-21,32,35,37-39H,1-6,9,16-18,22-24H2,(H,40,41)(H2,34,42,43)/t32-/m0/s1. The number of nitrogens with zero attached hydrogens (tertiary/aromatic N) is 1. The fourth-order valence-corrected chi connectivity index (χ4v) is 7.01. The normalized spacial score (nSPS) is 12.6. The number of ether oxygens (including phenoxy) is 1. The number of hydrogen-bond acceptors (Lipinski definition) is 10. The summed E-state index contributed by atoms with van der Waals surface area (Å²) >= 11 is 0. The van der Waals surface area contributed by atoms with Crippen molar-refractivity contribution in [1.82, 2.24) is 5.32 Å². The number of carboxylic acid groups (broad SMARTS) is 1. The number of aliphatic hydroxyl groups is 2. The zero-order valence-electron chi connectivity index (χ0n) is 26.7. The summed E-state index contributed by atoms with van der Waals surface area (Å²) in [6.45, 7) is 1.14. The molecule has 0 bridgehead atoms. The van der Waals surface area contributed by atoms with Crippen molar-refractivity contribution in [2.75, 3.05) is 37.2 Å². The van der Waals surface area contributed by atoms with Crippen molar-refractivity contribution in [3.8, 4) is 5.75 Å². The van der Waals surface area contributed by atoms with Crippen LogP contribution in [0.15, 0.2) is 76.5 Å². The molecule has 0 unspecified atom stereocenters. The number of carboxylic acids is 1. The Balaban J connectivity index is 1.35. The van der Waals surface area contributed by atoms with Gasteiger partial charge in [0.25, 0.3) is 10.0 Å². The van der Waals surface area contributed by atoms with E-state index in [9.17, 15) is 42.1 Å². The van der Waals surface area contributed by atoms with Crippen LogP contribution in [0.2, 0.25) is 0 Å². The number of primary sulfonamides is 1. The highest BCUT2D eigenvalue weighted by atomic mass is 32.2. The third-order valence-corrected chi connectivity index (χ3v) is 10.3. The Bertz CT molecular complexity index is 1700. The molecule has 1 atom stereocenters. The number of sulfonamides is 2. The number of aryl methyl sites for hydroxylation is 1. The van der Waals surface area contributed by atoms with Crippen LogP contribution in [0.5, 0.6) is 5.75 Å². The lowest BCUT2D eigenvalue weighted by molar-refractivity contribution is -0.135. The van der Waals surface area contributed by atoms with Gasteiger partial charge in [0.05, 0.1) is 28.2 Å². The second kappa shape index (κ2) is 18.8. The van der Waals surface area contributed by atoms with Crippen LogP contribution in [0.3, 0.4) is 0 Å². The molecule has 0 aliphatic carbocycles. The Kier molecular flexibility index (Phi) is 15.3. The molecule has 0 aliphatic heterocycles. The predicted octanol–water partition coefficient (Wildman–Crippen LogP) is 3.03. The van der Waals surface area contributed by atoms with Crippen LogP contribution in [-0.4, -0.2) is 76.1 Å². The second-order valence-corrected chi connectivity index (χ2v) is 14.8. The summed E-state index contributed by atoms with van der Waals surface area (Å²) in [5, 5.41) is 47.0. The minimum atomic E-state index is -4.35. The monoisotopic (exact) mass is 707 g/mol. The first-order chi connectivity index (χ1) is 22.8. The molecule has 3 rings (SSSR count). The van der Waals surface area contributed by atoms with Crippen molar-refractivity contribution in [3.63, 3.8) is 0 Å². The number of aliphatic carboxylic acids is 1. The number of aromatic hydroxyl groups is 1. The van der Waals surface area contributed by atoms with E-state index >= 15 is 0 Å². The van der Waals surface area contributed by atoms with Gasteiger partial charge in [-0.1, -0.05) is 37.1 Å². The maximum atomic E-state index is 13.5. The van der Waals surface area contributed by atoms with Crippen molar-refractivity contribution >= 4 is 31.7 Å². The predicted molar refractivity (Wildman–Crippen MR) is 181 cm³/mol. The van der Waals surface area contributed by atoms with Crippen molar-refractivity contribution in [3.05, 3.63) is 83.4 Å². The summed E-state index contributed by atoms with van der Waals surface area (Å²) in [6, 6.07) is 15.8. The fraction of sp³-hybridized carbons (Fsp3) is 0.424. The summed E-state index contributed by atoms with van der Waals surface area (Å²) < 4.78 is 57.0. The molecule has 0 amide bonds. The van der Waals surface area contributed by atoms with Crippen LogP contribution >= 0.6 is 0 Å². The van der Waals surface area contributed by atoms with E-state index in [1.54, 1.807) is 24.3 Å². The number of aliphatic hydroxyl groups excluding tert-OH is 2. The zero-order valence-corrected chi connectivity index (χ0v) is 28.3. The van der Waals surface area contributed by atoms with Gasteiger partial charge >= 0.3 is 5.97 Å². The van der Waals surface area contributed by atoms with E-state index < -0.39 is 38.7 Å². The maximum absolute atomic E-state index is 13.5. The molecule has 3 aromatic carbocycles. The van der Waals surface area contributed by atoms with Gasteiger partial charge in [0.1, 0.15) is 12.3 Å². The molecule has 0 aromatic heterocycles. The van der Waals surface area contributed by atoms with Crippen molar-refractivity contribution in [1.29, 1.82) is 0 Å². The average Bonchev–Trinajstić information content (AvgIpc) is 3.05. The zero-order chi connectivity index (χ0) is 35.2. The SMILES string of the molecule is NS(=O)(=O)c1cccc(N(CC(=O)O)S(=O)(=O)c2cccc(CCCCOCCCCCCNC[C@H](O)c3ccc(O)c(CO)c3)c2)c1. The molecule has 0 spiro atoms. The Morgan fingerprint density at radius 1 is 0.875 bits per heavy atom. The molecule has 0 aliphatic rings. The molecular weight excluding hydrogens is 663 g/mol. The van der Waals surface area contributed by atoms with Crippen LogP contribution in [0.4, 0.5) is 5.69 Å². The third kappa shape index (κ3) is 12.1. The molecule has 15 heteroatoms. The smallest absolute Gasteiger partial charge is 0.324 e. The third-order valence-electron chi connectivity index (χ3n) is 7.59. The number of hydrogen-bond donors (Lipinski definition) is 6. The first-order valence-electron chi connectivity index (χ1n) is 15.7. The molecule has 0 fully saturated rings. The number of benzene rings is 3. The van der Waals surface area contributed by atoms with Crippen molar-refractivity contribution in [2.45, 2.75) is 67.4 Å². The lowest BCUT2D eigenvalue weighted by Gasteiger charge is -2.23. The van der Waals surface area contributed by atoms with Gasteiger partial charge in [0.15, 0.2) is 0 Å². The molecule has 0 saturated carbocycles. The maximum Gasteiger partial charge on any atom is 0.324 e. The lowest BCUT2D eigenvalue weighted by atomic mass is 10.1. The molecule has 0 saturated heterocycles. The number of nitrogens with one attached hydrogen (secondary N) is 1. The molecule has 3 aromatic rings. The van der Waals surface area contributed by atoms with Gasteiger partial charge in [0.2, 0.25) is 10.0 Å². The van der Waals surface area contributed by atoms with E-state index in [-0.39, 0.29) is 27.8 Å². The topological polar surface area (TPSA) is 217 Å². The van der Waals surface area contributed by atoms with Crippen molar-refractivity contribution in [2.24, 2.45) is 5.14 Å². The summed E-state index contributed by atoms with van der Waals surface area (Å²) in [5.41, 5.74) is 1.63. The van der Waals surface area contributed by atoms with Crippen molar-refractivity contribution < 1.29 is 46.8 Å². The molecule has 7 N–H and O–H groups in total. The van der Waals surface area contributed by atoms with Crippen LogP contribution in [0.25, 0.3) is 0 Å². The average molecular weight is 708 g/mol. The molecule has 0 heterocycles. The number of nitrogens with two attached hydrogens (primary N) is 1. The van der Waals surface area contributed by atoms with Gasteiger partial charge in [-0.25, -0.2) is 22.0 Å². The fourth-order valence-electron chi connectivity index (χ4n) is 4.98. The minimum absolute atomic E-state index is 0.00324. The van der Waals surface area contributed by atoms with E-state index in [0.717, 1.165) is 56.7 Å². The van der Waals surface area contributed by atoms with E-state index in [2.05, 4.69) is 5.32 Å². The number of carbonyl (C=O) groups is 1. The van der Waals surface area contributed by atoms with E-state index in [4.69, 9.17) is 9.88 Å². The Morgan fingerprint density at radius 2 is 1.56 bits per heavy atom. The Morgan fingerprint density at radius 3 is 2.27 bits per heavy atom. The van der Waals surface area contributed by atoms with Gasteiger partial charge in [-0.15, -0.1) is 0 Å². The Hall–Kier alpha value is -3.57. The van der Waals surface area contributed by atoms with Crippen LogP contribution in [0, 0.1) is 0 Å². The highest BCUT2D eigenvalue weighted by molar-refractivity contribution is 7.93. The van der Waals surface area contributed by atoms with Gasteiger partial charge in [-0.2, -0.15) is 0 Å². The number of unbranched alkanes of at least 4 members (excludes halogenated alkanes) is 4. The summed E-state index contributed by atoms with van der Waals surface area (Å²) in [6.07, 6.45) is 5.28. The van der Waals surface area contributed by atoms with Gasteiger partial charge in [0, 0.05) is 25.3 Å². The Labute approximate surface area is 282 Å². The largest absolute Gasteiger partial charge is 0.508 e. The summed E-state index contributed by atoms with van der Waals surface area (Å²) in [5.74, 6) is -1.41. The summed E-state index contributed by atoms with van der Waals surface area (Å²) in [7, 11) is -8.49. The second-order valence-electron chi connectivity index (χ2n) is 11.3. The van der Waals surface area contributed by atoms with Gasteiger partial charge in [-0.3, -0.25) is 9.10 Å². The van der Waals surface area contributed by atoms with Crippen LogP contribution in [0.1, 0.15) is 61.3 Å². The number of anilines is 1. The first kappa shape index (κ1) is 38.9. The van der Waals surface area contributed by atoms with Gasteiger partial charge in [-0.05, 0) is 92.2 Å². The van der Waals surface area contributed by atoms with E-state index in [0.29, 0.717) is 41.6 Å². The van der Waals surface area contributed by atoms with Gasteiger partial charge < -0.3 is 30.5 Å². The highest BCUT2D eigenvalue weighted by Crippen LogP contribution is 2.27. The molecule has 264 valence electrons. The highest BCUT2D eigenvalue weighted by Gasteiger charge is 2.28. The molecule has 0 radical (unpaired) electrons. The number of rotatable bonds is 22. The molecule has 13 nitrogen and oxygen atoms in total. The summed E-state index contributed by atoms with van der Waals surface area (Å²) in [4.78, 5) is 11.1.